The van der Waals surface area contributed by atoms with Crippen molar-refractivity contribution >= 4 is 6.21 Å². The smallest absolute Gasteiger partial charge is 0.128 e. The lowest BCUT2D eigenvalue weighted by atomic mass is 9.74. The highest BCUT2D eigenvalue weighted by Gasteiger charge is 2.29. The average molecular weight is 378 g/mol. The van der Waals surface area contributed by atoms with E-state index in [1.807, 2.05) is 12.3 Å². The Morgan fingerprint density at radius 1 is 0.893 bits per heavy atom. The molecule has 0 unspecified atom stereocenters. The van der Waals surface area contributed by atoms with E-state index in [9.17, 15) is 5.11 Å². The Hall–Kier alpha value is -2.09. The summed E-state index contributed by atoms with van der Waals surface area (Å²) in [6.45, 7) is 11.0. The third-order valence-electron chi connectivity index (χ3n) is 6.17. The standard InChI is InChI=1S/C26H35NO/c1-25(2,3)21-16-19(18-27-22-14-10-7-11-15-22)24(28)23(17-21)26(4,5)20-12-8-6-9-13-20/h6,8-9,12-13,16-18,22,28H,7,10-11,14-15H2,1-5H3. The molecule has 1 fully saturated rings. The molecule has 0 spiro atoms. The predicted octanol–water partition coefficient (Wildman–Crippen LogP) is 6.77. The second kappa shape index (κ2) is 8.11. The lowest BCUT2D eigenvalue weighted by Crippen LogP contribution is -2.22. The van der Waals surface area contributed by atoms with Gasteiger partial charge >= 0.3 is 0 Å². The number of phenolic OH excluding ortho intramolecular Hbond substituents is 1. The molecular weight excluding hydrogens is 342 g/mol. The molecule has 28 heavy (non-hydrogen) atoms. The molecule has 0 aromatic heterocycles. The number of benzene rings is 2. The Balaban J connectivity index is 2.08. The van der Waals surface area contributed by atoms with Gasteiger partial charge in [-0.3, -0.25) is 4.99 Å². The molecule has 0 heterocycles. The van der Waals surface area contributed by atoms with Crippen LogP contribution >= 0.6 is 0 Å². The summed E-state index contributed by atoms with van der Waals surface area (Å²) in [5, 5.41) is 11.2. The summed E-state index contributed by atoms with van der Waals surface area (Å²) in [6.07, 6.45) is 8.11. The normalized spacial score (nSPS) is 16.6. The van der Waals surface area contributed by atoms with E-state index in [0.29, 0.717) is 11.8 Å². The first kappa shape index (κ1) is 20.6. The number of aliphatic imine (C=N–C) groups is 1. The minimum absolute atomic E-state index is 0.00263. The van der Waals surface area contributed by atoms with Crippen LogP contribution in [0.4, 0.5) is 0 Å². The van der Waals surface area contributed by atoms with Crippen LogP contribution in [0.1, 0.15) is 89.0 Å². The van der Waals surface area contributed by atoms with Crippen molar-refractivity contribution in [3.63, 3.8) is 0 Å². The fourth-order valence-electron chi connectivity index (χ4n) is 4.09. The van der Waals surface area contributed by atoms with Crippen LogP contribution in [0.2, 0.25) is 0 Å². The maximum atomic E-state index is 11.2. The number of hydrogen-bond acceptors (Lipinski definition) is 2. The van der Waals surface area contributed by atoms with Crippen LogP contribution in [0.3, 0.4) is 0 Å². The van der Waals surface area contributed by atoms with Gasteiger partial charge in [-0.25, -0.2) is 0 Å². The van der Waals surface area contributed by atoms with Gasteiger partial charge in [-0.15, -0.1) is 0 Å². The Morgan fingerprint density at radius 3 is 2.14 bits per heavy atom. The van der Waals surface area contributed by atoms with E-state index < -0.39 is 0 Å². The van der Waals surface area contributed by atoms with E-state index >= 15 is 0 Å². The minimum Gasteiger partial charge on any atom is -0.507 e. The van der Waals surface area contributed by atoms with Crippen molar-refractivity contribution in [1.82, 2.24) is 0 Å². The zero-order chi connectivity index (χ0) is 20.4. The number of nitrogens with zero attached hydrogens (tertiary/aromatic N) is 1. The monoisotopic (exact) mass is 377 g/mol. The van der Waals surface area contributed by atoms with Crippen LogP contribution in [0.5, 0.6) is 5.75 Å². The van der Waals surface area contributed by atoms with Gasteiger partial charge in [-0.05, 0) is 35.4 Å². The van der Waals surface area contributed by atoms with Gasteiger partial charge in [0.05, 0.1) is 0 Å². The molecule has 0 saturated heterocycles. The zero-order valence-electron chi connectivity index (χ0n) is 18.1. The molecule has 0 atom stereocenters. The summed E-state index contributed by atoms with van der Waals surface area (Å²) < 4.78 is 0. The van der Waals surface area contributed by atoms with E-state index in [0.717, 1.165) is 11.1 Å². The molecule has 0 radical (unpaired) electrons. The van der Waals surface area contributed by atoms with Gasteiger partial charge in [-0.1, -0.05) is 90.3 Å². The minimum atomic E-state index is -0.292. The maximum absolute atomic E-state index is 11.2. The molecule has 0 bridgehead atoms. The highest BCUT2D eigenvalue weighted by Crippen LogP contribution is 2.41. The summed E-state index contributed by atoms with van der Waals surface area (Å²) in [4.78, 5) is 4.85. The van der Waals surface area contributed by atoms with Crippen molar-refractivity contribution in [3.8, 4) is 5.75 Å². The first-order valence-electron chi connectivity index (χ1n) is 10.7. The lowest BCUT2D eigenvalue weighted by Gasteiger charge is -2.30. The summed E-state index contributed by atoms with van der Waals surface area (Å²) >= 11 is 0. The predicted molar refractivity (Wildman–Crippen MR) is 120 cm³/mol. The molecule has 3 rings (SSSR count). The van der Waals surface area contributed by atoms with Gasteiger partial charge in [0, 0.05) is 28.8 Å². The second-order valence-corrected chi connectivity index (χ2v) is 9.77. The number of phenols is 1. The first-order chi connectivity index (χ1) is 13.2. The molecule has 1 N–H and O–H groups in total. The molecule has 150 valence electrons. The van der Waals surface area contributed by atoms with Crippen LogP contribution in [-0.2, 0) is 10.8 Å². The lowest BCUT2D eigenvalue weighted by molar-refractivity contribution is 0.442. The van der Waals surface area contributed by atoms with Crippen molar-refractivity contribution in [3.05, 3.63) is 64.7 Å². The van der Waals surface area contributed by atoms with Crippen molar-refractivity contribution in [1.29, 1.82) is 0 Å². The molecule has 0 aliphatic heterocycles. The largest absolute Gasteiger partial charge is 0.507 e. The summed E-state index contributed by atoms with van der Waals surface area (Å²) in [6, 6.07) is 15.1. The molecule has 2 nitrogen and oxygen atoms in total. The van der Waals surface area contributed by atoms with Gasteiger partial charge in [0.15, 0.2) is 0 Å². The highest BCUT2D eigenvalue weighted by molar-refractivity contribution is 5.85. The summed E-state index contributed by atoms with van der Waals surface area (Å²) in [7, 11) is 0. The van der Waals surface area contributed by atoms with Crippen molar-refractivity contribution in [2.45, 2.75) is 83.6 Å². The van der Waals surface area contributed by atoms with Gasteiger partial charge in [0.1, 0.15) is 5.75 Å². The summed E-state index contributed by atoms with van der Waals surface area (Å²) in [5.74, 6) is 0.362. The third kappa shape index (κ3) is 4.48. The summed E-state index contributed by atoms with van der Waals surface area (Å²) in [5.41, 5.74) is 3.96. The molecule has 0 amide bonds. The van der Waals surface area contributed by atoms with E-state index in [1.54, 1.807) is 0 Å². The maximum Gasteiger partial charge on any atom is 0.128 e. The van der Waals surface area contributed by atoms with Crippen LogP contribution in [0.25, 0.3) is 0 Å². The van der Waals surface area contributed by atoms with E-state index in [1.165, 1.54) is 43.2 Å². The molecule has 2 heteroatoms. The van der Waals surface area contributed by atoms with E-state index in [-0.39, 0.29) is 10.8 Å². The Bertz CT molecular complexity index is 822. The quantitative estimate of drug-likeness (QED) is 0.586. The van der Waals surface area contributed by atoms with Crippen molar-refractivity contribution in [2.24, 2.45) is 4.99 Å². The number of rotatable bonds is 4. The number of hydrogen-bond donors (Lipinski definition) is 1. The molecule has 2 aromatic rings. The molecule has 1 aliphatic rings. The molecular formula is C26H35NO. The molecule has 1 aliphatic carbocycles. The fraction of sp³-hybridized carbons (Fsp3) is 0.500. The topological polar surface area (TPSA) is 32.6 Å². The van der Waals surface area contributed by atoms with Crippen LogP contribution < -0.4 is 0 Å². The number of aromatic hydroxyl groups is 1. The average Bonchev–Trinajstić information content (AvgIpc) is 2.67. The SMILES string of the molecule is CC(C)(C)c1cc(C=NC2CCCCC2)c(O)c(C(C)(C)c2ccccc2)c1. The second-order valence-electron chi connectivity index (χ2n) is 9.77. The van der Waals surface area contributed by atoms with Gasteiger partial charge < -0.3 is 5.11 Å². The Morgan fingerprint density at radius 2 is 1.54 bits per heavy atom. The Kier molecular flexibility index (Phi) is 5.98. The molecule has 1 saturated carbocycles. The van der Waals surface area contributed by atoms with E-state index in [2.05, 4.69) is 71.0 Å². The van der Waals surface area contributed by atoms with Crippen molar-refractivity contribution in [2.75, 3.05) is 0 Å². The van der Waals surface area contributed by atoms with Crippen LogP contribution in [0.15, 0.2) is 47.5 Å². The third-order valence-corrected chi connectivity index (χ3v) is 6.17. The van der Waals surface area contributed by atoms with Gasteiger partial charge in [0.25, 0.3) is 0 Å². The van der Waals surface area contributed by atoms with Gasteiger partial charge in [-0.2, -0.15) is 0 Å². The fourth-order valence-corrected chi connectivity index (χ4v) is 4.09. The highest BCUT2D eigenvalue weighted by atomic mass is 16.3. The van der Waals surface area contributed by atoms with Gasteiger partial charge in [0.2, 0.25) is 0 Å². The first-order valence-corrected chi connectivity index (χ1v) is 10.7. The Labute approximate surface area is 170 Å². The van der Waals surface area contributed by atoms with E-state index in [4.69, 9.17) is 4.99 Å². The van der Waals surface area contributed by atoms with Crippen molar-refractivity contribution < 1.29 is 5.11 Å². The van der Waals surface area contributed by atoms with Crippen LogP contribution in [-0.4, -0.2) is 17.4 Å². The molecule has 2 aromatic carbocycles. The zero-order valence-corrected chi connectivity index (χ0v) is 18.1. The van der Waals surface area contributed by atoms with Crippen LogP contribution in [0, 0.1) is 0 Å².